The van der Waals surface area contributed by atoms with Crippen molar-refractivity contribution in [2.45, 2.75) is 33.2 Å². The van der Waals surface area contributed by atoms with Crippen LogP contribution in [0.5, 0.6) is 0 Å². The maximum atomic E-state index is 11.5. The molecule has 0 aliphatic heterocycles. The first-order valence-electron chi connectivity index (χ1n) is 5.99. The molecule has 1 aromatic heterocycles. The molecule has 1 amide bonds. The standard InChI is InChI=1S/C12H21N3OS/c1-9(2)8-15-11(16)4-5-13-10(3)12-14-6-7-17-12/h6-7,9-10,13H,4-5,8H2,1-3H3,(H,15,16). The predicted octanol–water partition coefficient (Wildman–Crippen LogP) is 1.96. The van der Waals surface area contributed by atoms with Gasteiger partial charge in [0.05, 0.1) is 6.04 Å². The van der Waals surface area contributed by atoms with Crippen LogP contribution in [0.4, 0.5) is 0 Å². The predicted molar refractivity (Wildman–Crippen MR) is 71.0 cm³/mol. The lowest BCUT2D eigenvalue weighted by Crippen LogP contribution is -2.31. The molecule has 0 saturated carbocycles. The van der Waals surface area contributed by atoms with E-state index >= 15 is 0 Å². The highest BCUT2D eigenvalue weighted by atomic mass is 32.1. The van der Waals surface area contributed by atoms with Gasteiger partial charge >= 0.3 is 0 Å². The summed E-state index contributed by atoms with van der Waals surface area (Å²) in [5.74, 6) is 0.610. The molecule has 4 nitrogen and oxygen atoms in total. The van der Waals surface area contributed by atoms with Gasteiger partial charge in [-0.3, -0.25) is 4.79 Å². The highest BCUT2D eigenvalue weighted by Crippen LogP contribution is 2.14. The molecular formula is C12H21N3OS. The van der Waals surface area contributed by atoms with Gasteiger partial charge in [0.25, 0.3) is 0 Å². The second-order valence-electron chi connectivity index (χ2n) is 4.49. The Morgan fingerprint density at radius 1 is 1.47 bits per heavy atom. The van der Waals surface area contributed by atoms with Gasteiger partial charge in [-0.2, -0.15) is 0 Å². The van der Waals surface area contributed by atoms with E-state index in [1.54, 1.807) is 17.5 Å². The van der Waals surface area contributed by atoms with Crippen LogP contribution in [0.15, 0.2) is 11.6 Å². The monoisotopic (exact) mass is 255 g/mol. The van der Waals surface area contributed by atoms with Crippen molar-refractivity contribution in [1.82, 2.24) is 15.6 Å². The Balaban J connectivity index is 2.13. The smallest absolute Gasteiger partial charge is 0.221 e. The van der Waals surface area contributed by atoms with Gasteiger partial charge in [-0.05, 0) is 12.8 Å². The maximum Gasteiger partial charge on any atom is 0.221 e. The summed E-state index contributed by atoms with van der Waals surface area (Å²) in [5, 5.41) is 9.21. The minimum absolute atomic E-state index is 0.109. The number of rotatable bonds is 7. The van der Waals surface area contributed by atoms with Gasteiger partial charge in [0, 0.05) is 31.1 Å². The Bertz CT molecular complexity index is 325. The molecule has 1 atom stereocenters. The molecule has 0 aliphatic carbocycles. The second-order valence-corrected chi connectivity index (χ2v) is 5.42. The minimum atomic E-state index is 0.109. The molecule has 1 aromatic rings. The van der Waals surface area contributed by atoms with Crippen LogP contribution in [0.25, 0.3) is 0 Å². The Morgan fingerprint density at radius 3 is 2.82 bits per heavy atom. The lowest BCUT2D eigenvalue weighted by molar-refractivity contribution is -0.121. The van der Waals surface area contributed by atoms with Crippen molar-refractivity contribution >= 4 is 17.2 Å². The van der Waals surface area contributed by atoms with Crippen molar-refractivity contribution in [1.29, 1.82) is 0 Å². The average Bonchev–Trinajstić information content (AvgIpc) is 2.79. The van der Waals surface area contributed by atoms with Crippen molar-refractivity contribution in [3.8, 4) is 0 Å². The third-order valence-corrected chi connectivity index (χ3v) is 3.29. The fourth-order valence-electron chi connectivity index (χ4n) is 1.34. The van der Waals surface area contributed by atoms with E-state index in [4.69, 9.17) is 0 Å². The fourth-order valence-corrected chi connectivity index (χ4v) is 2.01. The SMILES string of the molecule is CC(C)CNC(=O)CCNC(C)c1nccs1. The number of aromatic nitrogens is 1. The zero-order valence-corrected chi connectivity index (χ0v) is 11.5. The molecule has 1 rings (SSSR count). The van der Waals surface area contributed by atoms with Crippen LogP contribution >= 0.6 is 11.3 Å². The molecule has 0 spiro atoms. The molecule has 17 heavy (non-hydrogen) atoms. The Kier molecular flexibility index (Phi) is 6.15. The zero-order valence-electron chi connectivity index (χ0n) is 10.7. The summed E-state index contributed by atoms with van der Waals surface area (Å²) in [6, 6.07) is 0.216. The quantitative estimate of drug-likeness (QED) is 0.783. The van der Waals surface area contributed by atoms with E-state index in [-0.39, 0.29) is 11.9 Å². The molecule has 0 bridgehead atoms. The van der Waals surface area contributed by atoms with Crippen molar-refractivity contribution < 1.29 is 4.79 Å². The number of hydrogen-bond acceptors (Lipinski definition) is 4. The van der Waals surface area contributed by atoms with E-state index in [2.05, 4.69) is 36.4 Å². The van der Waals surface area contributed by atoms with Gasteiger partial charge in [0.2, 0.25) is 5.91 Å². The van der Waals surface area contributed by atoms with E-state index < -0.39 is 0 Å². The summed E-state index contributed by atoms with van der Waals surface area (Å²) in [7, 11) is 0. The van der Waals surface area contributed by atoms with E-state index in [9.17, 15) is 4.79 Å². The Hall–Kier alpha value is -0.940. The number of carbonyl (C=O) groups is 1. The highest BCUT2D eigenvalue weighted by Gasteiger charge is 2.08. The van der Waals surface area contributed by atoms with Crippen LogP contribution in [-0.2, 0) is 4.79 Å². The zero-order chi connectivity index (χ0) is 12.7. The molecule has 0 aliphatic rings. The second kappa shape index (κ2) is 7.40. The number of nitrogens with one attached hydrogen (secondary N) is 2. The van der Waals surface area contributed by atoms with Crippen LogP contribution in [0, 0.1) is 5.92 Å². The van der Waals surface area contributed by atoms with Crippen molar-refractivity contribution in [2.75, 3.05) is 13.1 Å². The summed E-state index contributed by atoms with van der Waals surface area (Å²) in [4.78, 5) is 15.7. The van der Waals surface area contributed by atoms with Gasteiger partial charge in [0.15, 0.2) is 0 Å². The Labute approximate surface area is 107 Å². The molecule has 0 saturated heterocycles. The molecule has 2 N–H and O–H groups in total. The molecule has 0 fully saturated rings. The normalized spacial score (nSPS) is 12.7. The summed E-state index contributed by atoms with van der Waals surface area (Å²) in [6.07, 6.45) is 2.32. The largest absolute Gasteiger partial charge is 0.356 e. The van der Waals surface area contributed by atoms with Crippen LogP contribution in [0.3, 0.4) is 0 Å². The van der Waals surface area contributed by atoms with Crippen LogP contribution in [-0.4, -0.2) is 24.0 Å². The van der Waals surface area contributed by atoms with Crippen LogP contribution in [0.2, 0.25) is 0 Å². The molecule has 0 aromatic carbocycles. The molecule has 5 heteroatoms. The number of carbonyl (C=O) groups excluding carboxylic acids is 1. The highest BCUT2D eigenvalue weighted by molar-refractivity contribution is 7.09. The lowest BCUT2D eigenvalue weighted by atomic mass is 10.2. The van der Waals surface area contributed by atoms with Gasteiger partial charge in [-0.25, -0.2) is 4.98 Å². The van der Waals surface area contributed by atoms with Gasteiger partial charge in [0.1, 0.15) is 5.01 Å². The Morgan fingerprint density at radius 2 is 2.24 bits per heavy atom. The first-order valence-corrected chi connectivity index (χ1v) is 6.87. The summed E-state index contributed by atoms with van der Waals surface area (Å²) >= 11 is 1.63. The molecule has 96 valence electrons. The minimum Gasteiger partial charge on any atom is -0.356 e. The van der Waals surface area contributed by atoms with E-state index in [0.717, 1.165) is 11.6 Å². The van der Waals surface area contributed by atoms with Gasteiger partial charge in [-0.1, -0.05) is 13.8 Å². The van der Waals surface area contributed by atoms with Crippen molar-refractivity contribution in [3.63, 3.8) is 0 Å². The van der Waals surface area contributed by atoms with E-state index in [0.29, 0.717) is 18.9 Å². The number of thiazole rings is 1. The maximum absolute atomic E-state index is 11.5. The first kappa shape index (κ1) is 14.1. The topological polar surface area (TPSA) is 54.0 Å². The van der Waals surface area contributed by atoms with Crippen molar-refractivity contribution in [2.24, 2.45) is 5.92 Å². The lowest BCUT2D eigenvalue weighted by Gasteiger charge is -2.11. The molecular weight excluding hydrogens is 234 g/mol. The number of amides is 1. The average molecular weight is 255 g/mol. The summed E-state index contributed by atoms with van der Waals surface area (Å²) < 4.78 is 0. The fraction of sp³-hybridized carbons (Fsp3) is 0.667. The number of nitrogens with zero attached hydrogens (tertiary/aromatic N) is 1. The van der Waals surface area contributed by atoms with Crippen molar-refractivity contribution in [3.05, 3.63) is 16.6 Å². The van der Waals surface area contributed by atoms with E-state index in [1.807, 2.05) is 5.38 Å². The first-order chi connectivity index (χ1) is 8.09. The molecule has 1 unspecified atom stereocenters. The van der Waals surface area contributed by atoms with Gasteiger partial charge < -0.3 is 10.6 Å². The number of hydrogen-bond donors (Lipinski definition) is 2. The summed E-state index contributed by atoms with van der Waals surface area (Å²) in [6.45, 7) is 7.67. The van der Waals surface area contributed by atoms with E-state index in [1.165, 1.54) is 0 Å². The van der Waals surface area contributed by atoms with Crippen LogP contribution in [0.1, 0.15) is 38.2 Å². The summed E-state index contributed by atoms with van der Waals surface area (Å²) in [5.41, 5.74) is 0. The molecule has 0 radical (unpaired) electrons. The third-order valence-electron chi connectivity index (χ3n) is 2.33. The third kappa shape index (κ3) is 5.79. The van der Waals surface area contributed by atoms with Crippen LogP contribution < -0.4 is 10.6 Å². The van der Waals surface area contributed by atoms with Gasteiger partial charge in [-0.15, -0.1) is 11.3 Å². The molecule has 1 heterocycles.